The Hall–Kier alpha value is -1.22. The van der Waals surface area contributed by atoms with Crippen LogP contribution in [0.2, 0.25) is 5.02 Å². The van der Waals surface area contributed by atoms with Gasteiger partial charge in [0.25, 0.3) is 0 Å². The quantitative estimate of drug-likeness (QED) is 0.821. The van der Waals surface area contributed by atoms with Crippen LogP contribution in [0.5, 0.6) is 0 Å². The highest BCUT2D eigenvalue weighted by molar-refractivity contribution is 6.33. The molecule has 2 rings (SSSR count). The zero-order valence-corrected chi connectivity index (χ0v) is 11.6. The van der Waals surface area contributed by atoms with Gasteiger partial charge in [0.15, 0.2) is 0 Å². The Morgan fingerprint density at radius 2 is 2.28 bits per heavy atom. The van der Waals surface area contributed by atoms with Gasteiger partial charge in [-0.15, -0.1) is 0 Å². The minimum Gasteiger partial charge on any atom is -0.324 e. The molecule has 98 valence electrons. The van der Waals surface area contributed by atoms with Crippen LogP contribution in [0.4, 0.5) is 10.5 Å². The zero-order valence-electron chi connectivity index (χ0n) is 10.9. The Labute approximate surface area is 113 Å². The van der Waals surface area contributed by atoms with Crippen molar-refractivity contribution in [2.45, 2.75) is 26.7 Å². The first-order valence-corrected chi connectivity index (χ1v) is 6.76. The third kappa shape index (κ3) is 2.96. The van der Waals surface area contributed by atoms with Crippen LogP contribution in [0.25, 0.3) is 0 Å². The fourth-order valence-electron chi connectivity index (χ4n) is 2.35. The molecule has 2 amide bonds. The summed E-state index contributed by atoms with van der Waals surface area (Å²) in [5.41, 5.74) is 1.71. The van der Waals surface area contributed by atoms with Gasteiger partial charge in [-0.1, -0.05) is 30.7 Å². The number of para-hydroxylation sites is 1. The lowest BCUT2D eigenvalue weighted by atomic mass is 10.0. The summed E-state index contributed by atoms with van der Waals surface area (Å²) < 4.78 is 0. The number of carbonyl (C=O) groups is 1. The van der Waals surface area contributed by atoms with E-state index in [9.17, 15) is 4.79 Å². The summed E-state index contributed by atoms with van der Waals surface area (Å²) in [6, 6.07) is 5.58. The monoisotopic (exact) mass is 266 g/mol. The van der Waals surface area contributed by atoms with Gasteiger partial charge >= 0.3 is 6.03 Å². The Bertz CT molecular complexity index is 427. The summed E-state index contributed by atoms with van der Waals surface area (Å²) in [7, 11) is 0. The SMILES string of the molecule is Cc1cccc(Cl)c1NC(=O)N1CCCC(C)C1. The highest BCUT2D eigenvalue weighted by Gasteiger charge is 2.21. The van der Waals surface area contributed by atoms with Gasteiger partial charge < -0.3 is 10.2 Å². The standard InChI is InChI=1S/C14H19ClN2O/c1-10-5-4-8-17(9-10)14(18)16-13-11(2)6-3-7-12(13)15/h3,6-7,10H,4-5,8-9H2,1-2H3,(H,16,18). The molecule has 1 atom stereocenters. The van der Waals surface area contributed by atoms with Crippen molar-refractivity contribution in [3.05, 3.63) is 28.8 Å². The molecule has 1 aliphatic heterocycles. The van der Waals surface area contributed by atoms with Crippen molar-refractivity contribution in [3.63, 3.8) is 0 Å². The van der Waals surface area contributed by atoms with Crippen LogP contribution < -0.4 is 5.32 Å². The van der Waals surface area contributed by atoms with Crippen molar-refractivity contribution >= 4 is 23.3 Å². The smallest absolute Gasteiger partial charge is 0.321 e. The van der Waals surface area contributed by atoms with Crippen molar-refractivity contribution in [2.24, 2.45) is 5.92 Å². The normalized spacial score (nSPS) is 19.7. The fourth-order valence-corrected chi connectivity index (χ4v) is 2.62. The molecule has 1 aromatic carbocycles. The van der Waals surface area contributed by atoms with Gasteiger partial charge in [-0.25, -0.2) is 4.79 Å². The number of hydrogen-bond acceptors (Lipinski definition) is 1. The number of anilines is 1. The molecule has 1 N–H and O–H groups in total. The number of urea groups is 1. The van der Waals surface area contributed by atoms with Crippen LogP contribution in [0, 0.1) is 12.8 Å². The fraction of sp³-hybridized carbons (Fsp3) is 0.500. The van der Waals surface area contributed by atoms with Crippen LogP contribution in [0.1, 0.15) is 25.3 Å². The maximum Gasteiger partial charge on any atom is 0.321 e. The summed E-state index contributed by atoms with van der Waals surface area (Å²) >= 11 is 6.11. The van der Waals surface area contributed by atoms with E-state index in [4.69, 9.17) is 11.6 Å². The highest BCUT2D eigenvalue weighted by atomic mass is 35.5. The van der Waals surface area contributed by atoms with Gasteiger partial charge in [0.2, 0.25) is 0 Å². The van der Waals surface area contributed by atoms with E-state index in [0.717, 1.165) is 30.8 Å². The predicted octanol–water partition coefficient (Wildman–Crippen LogP) is 3.91. The van der Waals surface area contributed by atoms with Gasteiger partial charge in [0.1, 0.15) is 0 Å². The van der Waals surface area contributed by atoms with Crippen molar-refractivity contribution in [1.29, 1.82) is 0 Å². The Morgan fingerprint density at radius 3 is 2.94 bits per heavy atom. The van der Waals surface area contributed by atoms with Crippen LogP contribution in [-0.2, 0) is 0 Å². The number of piperidine rings is 1. The van der Waals surface area contributed by atoms with E-state index >= 15 is 0 Å². The van der Waals surface area contributed by atoms with E-state index in [0.29, 0.717) is 10.9 Å². The van der Waals surface area contributed by atoms with Crippen molar-refractivity contribution in [2.75, 3.05) is 18.4 Å². The Kier molecular flexibility index (Phi) is 4.12. The van der Waals surface area contributed by atoms with Crippen LogP contribution in [0.3, 0.4) is 0 Å². The van der Waals surface area contributed by atoms with E-state index in [2.05, 4.69) is 12.2 Å². The number of hydrogen-bond donors (Lipinski definition) is 1. The lowest BCUT2D eigenvalue weighted by molar-refractivity contribution is 0.182. The molecule has 0 radical (unpaired) electrons. The number of likely N-dealkylation sites (tertiary alicyclic amines) is 1. The number of amides is 2. The topological polar surface area (TPSA) is 32.3 Å². The summed E-state index contributed by atoms with van der Waals surface area (Å²) in [6.07, 6.45) is 2.28. The molecule has 4 heteroatoms. The van der Waals surface area contributed by atoms with E-state index in [-0.39, 0.29) is 6.03 Å². The van der Waals surface area contributed by atoms with Crippen molar-refractivity contribution in [3.8, 4) is 0 Å². The van der Waals surface area contributed by atoms with Gasteiger partial charge in [0.05, 0.1) is 10.7 Å². The van der Waals surface area contributed by atoms with Gasteiger partial charge in [-0.3, -0.25) is 0 Å². The van der Waals surface area contributed by atoms with Crippen LogP contribution in [-0.4, -0.2) is 24.0 Å². The molecule has 0 spiro atoms. The number of aryl methyl sites for hydroxylation is 1. The van der Waals surface area contributed by atoms with Crippen molar-refractivity contribution < 1.29 is 4.79 Å². The third-order valence-corrected chi connectivity index (χ3v) is 3.71. The van der Waals surface area contributed by atoms with Gasteiger partial charge in [0, 0.05) is 13.1 Å². The third-order valence-electron chi connectivity index (χ3n) is 3.40. The molecule has 0 aliphatic carbocycles. The molecule has 0 saturated carbocycles. The Morgan fingerprint density at radius 1 is 1.50 bits per heavy atom. The second-order valence-corrected chi connectivity index (χ2v) is 5.46. The average Bonchev–Trinajstić information content (AvgIpc) is 2.34. The van der Waals surface area contributed by atoms with Crippen molar-refractivity contribution in [1.82, 2.24) is 4.90 Å². The molecule has 3 nitrogen and oxygen atoms in total. The molecular formula is C14H19ClN2O. The average molecular weight is 267 g/mol. The van der Waals surface area contributed by atoms with Gasteiger partial charge in [-0.05, 0) is 37.3 Å². The summed E-state index contributed by atoms with van der Waals surface area (Å²) in [5.74, 6) is 0.580. The first-order valence-electron chi connectivity index (χ1n) is 6.39. The molecule has 1 fully saturated rings. The molecular weight excluding hydrogens is 248 g/mol. The second kappa shape index (κ2) is 5.61. The van der Waals surface area contributed by atoms with E-state index in [1.807, 2.05) is 24.0 Å². The molecule has 0 aromatic heterocycles. The molecule has 1 aliphatic rings. The van der Waals surface area contributed by atoms with Gasteiger partial charge in [-0.2, -0.15) is 0 Å². The number of halogens is 1. The Balaban J connectivity index is 2.07. The van der Waals surface area contributed by atoms with E-state index in [1.54, 1.807) is 6.07 Å². The lowest BCUT2D eigenvalue weighted by Gasteiger charge is -2.31. The number of benzene rings is 1. The minimum atomic E-state index is -0.0437. The molecule has 1 heterocycles. The summed E-state index contributed by atoms with van der Waals surface area (Å²) in [5, 5.41) is 3.51. The first kappa shape index (κ1) is 13.2. The predicted molar refractivity (Wildman–Crippen MR) is 75.2 cm³/mol. The van der Waals surface area contributed by atoms with Crippen LogP contribution in [0.15, 0.2) is 18.2 Å². The number of nitrogens with one attached hydrogen (secondary N) is 1. The maximum atomic E-state index is 12.2. The van der Waals surface area contributed by atoms with Crippen LogP contribution >= 0.6 is 11.6 Å². The maximum absolute atomic E-state index is 12.2. The van der Waals surface area contributed by atoms with E-state index < -0.39 is 0 Å². The molecule has 1 saturated heterocycles. The lowest BCUT2D eigenvalue weighted by Crippen LogP contribution is -2.41. The van der Waals surface area contributed by atoms with E-state index in [1.165, 1.54) is 6.42 Å². The summed E-state index contributed by atoms with van der Waals surface area (Å²) in [4.78, 5) is 14.0. The molecule has 18 heavy (non-hydrogen) atoms. The molecule has 1 unspecified atom stereocenters. The minimum absolute atomic E-state index is 0.0437. The zero-order chi connectivity index (χ0) is 13.1. The molecule has 0 bridgehead atoms. The molecule has 1 aromatic rings. The number of rotatable bonds is 1. The first-order chi connectivity index (χ1) is 8.58. The highest BCUT2D eigenvalue weighted by Crippen LogP contribution is 2.26. The number of carbonyl (C=O) groups excluding carboxylic acids is 1. The second-order valence-electron chi connectivity index (χ2n) is 5.06. The summed E-state index contributed by atoms with van der Waals surface area (Å²) in [6.45, 7) is 5.79. The largest absolute Gasteiger partial charge is 0.324 e. The number of nitrogens with zero attached hydrogens (tertiary/aromatic N) is 1.